The molecule has 0 fully saturated rings. The van der Waals surface area contributed by atoms with Crippen LogP contribution in [0.2, 0.25) is 0 Å². The zero-order chi connectivity index (χ0) is 10.7. The second kappa shape index (κ2) is 4.00. The second-order valence-corrected chi connectivity index (χ2v) is 2.96. The predicted molar refractivity (Wildman–Crippen MR) is 50.3 cm³/mol. The minimum Gasteiger partial charge on any atom is -0.464 e. The van der Waals surface area contributed by atoms with Crippen molar-refractivity contribution in [1.29, 1.82) is 0 Å². The molecule has 14 heavy (non-hydrogen) atoms. The van der Waals surface area contributed by atoms with Gasteiger partial charge in [0.05, 0.1) is 7.11 Å². The molecule has 4 heteroatoms. The van der Waals surface area contributed by atoms with E-state index in [2.05, 4.69) is 9.72 Å². The first-order chi connectivity index (χ1) is 6.54. The minimum absolute atomic E-state index is 0.165. The second-order valence-electron chi connectivity index (χ2n) is 2.96. The number of carbonyl (C=O) groups is 2. The zero-order valence-electron chi connectivity index (χ0n) is 8.33. The van der Waals surface area contributed by atoms with E-state index in [9.17, 15) is 9.59 Å². The van der Waals surface area contributed by atoms with E-state index < -0.39 is 5.97 Å². The molecular weight excluding hydrogens is 182 g/mol. The Kier molecular flexibility index (Phi) is 2.96. The first kappa shape index (κ1) is 10.4. The smallest absolute Gasteiger partial charge is 0.356 e. The first-order valence-electron chi connectivity index (χ1n) is 4.12. The summed E-state index contributed by atoms with van der Waals surface area (Å²) in [4.78, 5) is 26.1. The highest BCUT2D eigenvalue weighted by Gasteiger charge is 2.11. The fraction of sp³-hybridized carbons (Fsp3) is 0.300. The molecule has 0 amide bonds. The fourth-order valence-electron chi connectivity index (χ4n) is 1.06. The van der Waals surface area contributed by atoms with Crippen LogP contribution in [-0.2, 0) is 4.74 Å². The lowest BCUT2D eigenvalue weighted by atomic mass is 10.2. The third-order valence-electron chi connectivity index (χ3n) is 1.72. The Bertz CT molecular complexity index is 385. The lowest BCUT2D eigenvalue weighted by Crippen LogP contribution is -2.08. The molecule has 0 bridgehead atoms. The van der Waals surface area contributed by atoms with Gasteiger partial charge in [-0.1, -0.05) is 0 Å². The van der Waals surface area contributed by atoms with Gasteiger partial charge in [-0.05, 0) is 24.6 Å². The van der Waals surface area contributed by atoms with E-state index in [4.69, 9.17) is 0 Å². The standard InChI is InChI=1S/C10H11NO3/c1-6-4-8(7(2)12)11-9(5-6)10(13)14-3/h4-5H,1-3H3. The van der Waals surface area contributed by atoms with Crippen molar-refractivity contribution >= 4 is 11.8 Å². The van der Waals surface area contributed by atoms with Crippen LogP contribution < -0.4 is 0 Å². The molecule has 1 heterocycles. The number of aromatic nitrogens is 1. The van der Waals surface area contributed by atoms with Gasteiger partial charge in [0.1, 0.15) is 11.4 Å². The summed E-state index contributed by atoms with van der Waals surface area (Å²) in [5.74, 6) is -0.699. The molecule has 0 aromatic carbocycles. The summed E-state index contributed by atoms with van der Waals surface area (Å²) in [6.45, 7) is 3.20. The molecule has 0 spiro atoms. The molecule has 0 saturated carbocycles. The van der Waals surface area contributed by atoms with Crippen molar-refractivity contribution in [2.45, 2.75) is 13.8 Å². The number of nitrogens with zero attached hydrogens (tertiary/aromatic N) is 1. The molecule has 4 nitrogen and oxygen atoms in total. The van der Waals surface area contributed by atoms with E-state index in [0.29, 0.717) is 0 Å². The van der Waals surface area contributed by atoms with E-state index in [0.717, 1.165) is 5.56 Å². The molecule has 1 aromatic rings. The molecule has 0 aliphatic carbocycles. The average Bonchev–Trinajstić information content (AvgIpc) is 2.15. The third-order valence-corrected chi connectivity index (χ3v) is 1.72. The summed E-state index contributed by atoms with van der Waals surface area (Å²) in [7, 11) is 1.28. The Balaban J connectivity index is 3.20. The average molecular weight is 193 g/mol. The van der Waals surface area contributed by atoms with Crippen LogP contribution in [0.1, 0.15) is 33.5 Å². The number of carbonyl (C=O) groups excluding carboxylic acids is 2. The number of aryl methyl sites for hydroxylation is 1. The van der Waals surface area contributed by atoms with Gasteiger partial charge in [-0.15, -0.1) is 0 Å². The summed E-state index contributed by atoms with van der Waals surface area (Å²) < 4.78 is 4.51. The molecule has 0 N–H and O–H groups in total. The molecule has 0 saturated heterocycles. The van der Waals surface area contributed by atoms with Gasteiger partial charge in [-0.3, -0.25) is 4.79 Å². The number of esters is 1. The van der Waals surface area contributed by atoms with Crippen molar-refractivity contribution in [3.8, 4) is 0 Å². The van der Waals surface area contributed by atoms with E-state index in [1.807, 2.05) is 0 Å². The summed E-state index contributed by atoms with van der Waals surface area (Å²) in [6.07, 6.45) is 0. The number of methoxy groups -OCH3 is 1. The Labute approximate surface area is 81.9 Å². The maximum absolute atomic E-state index is 11.1. The Hall–Kier alpha value is -1.71. The monoisotopic (exact) mass is 193 g/mol. The molecule has 0 aliphatic rings. The Morgan fingerprint density at radius 2 is 1.86 bits per heavy atom. The maximum atomic E-state index is 11.1. The van der Waals surface area contributed by atoms with Gasteiger partial charge < -0.3 is 4.74 Å². The SMILES string of the molecule is COC(=O)c1cc(C)cc(C(C)=O)n1. The molecule has 0 radical (unpaired) electrons. The van der Waals surface area contributed by atoms with Crippen molar-refractivity contribution in [1.82, 2.24) is 4.98 Å². The van der Waals surface area contributed by atoms with Crippen LogP contribution in [0.5, 0.6) is 0 Å². The quantitative estimate of drug-likeness (QED) is 0.526. The summed E-state index contributed by atoms with van der Waals surface area (Å²) in [5, 5.41) is 0. The van der Waals surface area contributed by atoms with Crippen LogP contribution in [0.4, 0.5) is 0 Å². The highest BCUT2D eigenvalue weighted by Crippen LogP contribution is 2.06. The maximum Gasteiger partial charge on any atom is 0.356 e. The molecule has 74 valence electrons. The first-order valence-corrected chi connectivity index (χ1v) is 4.12. The number of pyridine rings is 1. The van der Waals surface area contributed by atoms with Crippen molar-refractivity contribution in [2.75, 3.05) is 7.11 Å². The number of Topliss-reactive ketones (excluding diaryl/α,β-unsaturated/α-hetero) is 1. The van der Waals surface area contributed by atoms with Gasteiger partial charge in [-0.25, -0.2) is 9.78 Å². The van der Waals surface area contributed by atoms with Crippen molar-refractivity contribution in [3.05, 3.63) is 29.1 Å². The third kappa shape index (κ3) is 2.16. The van der Waals surface area contributed by atoms with Gasteiger partial charge in [0, 0.05) is 6.92 Å². The molecule has 0 aliphatic heterocycles. The van der Waals surface area contributed by atoms with Crippen molar-refractivity contribution in [3.63, 3.8) is 0 Å². The number of hydrogen-bond donors (Lipinski definition) is 0. The largest absolute Gasteiger partial charge is 0.464 e. The molecular formula is C10H11NO3. The van der Waals surface area contributed by atoms with Gasteiger partial charge in [-0.2, -0.15) is 0 Å². The number of hydrogen-bond acceptors (Lipinski definition) is 4. The topological polar surface area (TPSA) is 56.3 Å². The molecule has 1 rings (SSSR count). The summed E-state index contributed by atoms with van der Waals surface area (Å²) in [6, 6.07) is 3.22. The normalized spacial score (nSPS) is 9.64. The minimum atomic E-state index is -0.531. The van der Waals surface area contributed by atoms with Gasteiger partial charge >= 0.3 is 5.97 Å². The number of ether oxygens (including phenoxy) is 1. The summed E-state index contributed by atoms with van der Waals surface area (Å²) in [5.41, 5.74) is 1.26. The van der Waals surface area contributed by atoms with Crippen LogP contribution in [0.15, 0.2) is 12.1 Å². The predicted octanol–water partition coefficient (Wildman–Crippen LogP) is 1.38. The van der Waals surface area contributed by atoms with Crippen LogP contribution in [0.3, 0.4) is 0 Å². The number of rotatable bonds is 2. The van der Waals surface area contributed by atoms with Crippen LogP contribution in [0, 0.1) is 6.92 Å². The van der Waals surface area contributed by atoms with Crippen LogP contribution >= 0.6 is 0 Å². The van der Waals surface area contributed by atoms with E-state index in [-0.39, 0.29) is 17.2 Å². The van der Waals surface area contributed by atoms with Gasteiger partial charge in [0.25, 0.3) is 0 Å². The van der Waals surface area contributed by atoms with E-state index in [1.54, 1.807) is 19.1 Å². The lowest BCUT2D eigenvalue weighted by Gasteiger charge is -2.02. The van der Waals surface area contributed by atoms with Gasteiger partial charge in [0.15, 0.2) is 5.78 Å². The Morgan fingerprint density at radius 1 is 1.29 bits per heavy atom. The Morgan fingerprint density at radius 3 is 2.36 bits per heavy atom. The molecule has 0 unspecified atom stereocenters. The lowest BCUT2D eigenvalue weighted by molar-refractivity contribution is 0.0594. The fourth-order valence-corrected chi connectivity index (χ4v) is 1.06. The highest BCUT2D eigenvalue weighted by atomic mass is 16.5. The van der Waals surface area contributed by atoms with Crippen LogP contribution in [0.25, 0.3) is 0 Å². The van der Waals surface area contributed by atoms with Gasteiger partial charge in [0.2, 0.25) is 0 Å². The van der Waals surface area contributed by atoms with Crippen molar-refractivity contribution in [2.24, 2.45) is 0 Å². The molecule has 0 atom stereocenters. The molecule has 1 aromatic heterocycles. The van der Waals surface area contributed by atoms with E-state index >= 15 is 0 Å². The van der Waals surface area contributed by atoms with E-state index in [1.165, 1.54) is 14.0 Å². The van der Waals surface area contributed by atoms with Crippen LogP contribution in [-0.4, -0.2) is 23.8 Å². The number of ketones is 1. The summed E-state index contributed by atoms with van der Waals surface area (Å²) >= 11 is 0. The zero-order valence-corrected chi connectivity index (χ0v) is 8.33. The highest BCUT2D eigenvalue weighted by molar-refractivity contribution is 5.94. The van der Waals surface area contributed by atoms with Crippen molar-refractivity contribution < 1.29 is 14.3 Å².